The van der Waals surface area contributed by atoms with Crippen LogP contribution in [0.15, 0.2) is 0 Å². The van der Waals surface area contributed by atoms with Gasteiger partial charge in [-0.2, -0.15) is 0 Å². The summed E-state index contributed by atoms with van der Waals surface area (Å²) in [6.45, 7) is 2.19. The van der Waals surface area contributed by atoms with E-state index in [4.69, 9.17) is 10.5 Å². The fourth-order valence-electron chi connectivity index (χ4n) is 1.03. The van der Waals surface area contributed by atoms with Crippen LogP contribution in [0, 0.1) is 0 Å². The van der Waals surface area contributed by atoms with Crippen LogP contribution in [0.25, 0.3) is 0 Å². The number of carbonyl (C=O) groups excluding carboxylic acids is 1. The van der Waals surface area contributed by atoms with Gasteiger partial charge < -0.3 is 15.8 Å². The summed E-state index contributed by atoms with van der Waals surface area (Å²) in [5.41, 5.74) is 5.60. The fraction of sp³-hybridized carbons (Fsp3) is 0.857. The summed E-state index contributed by atoms with van der Waals surface area (Å²) < 4.78 is 4.69. The molecule has 64 valence electrons. The van der Waals surface area contributed by atoms with E-state index in [1.165, 1.54) is 0 Å². The number of carbonyl (C=O) groups is 1. The van der Waals surface area contributed by atoms with Crippen LogP contribution >= 0.6 is 0 Å². The molecule has 1 amide bonds. The molecule has 3 N–H and O–H groups in total. The van der Waals surface area contributed by atoms with Crippen molar-refractivity contribution in [3.05, 3.63) is 0 Å². The van der Waals surface area contributed by atoms with Crippen molar-refractivity contribution in [3.8, 4) is 0 Å². The molecule has 0 aromatic carbocycles. The van der Waals surface area contributed by atoms with E-state index in [1.54, 1.807) is 6.92 Å². The molecule has 4 heteroatoms. The minimum atomic E-state index is -0.354. The van der Waals surface area contributed by atoms with Gasteiger partial charge in [0.2, 0.25) is 0 Å². The van der Waals surface area contributed by atoms with Crippen molar-refractivity contribution >= 4 is 6.09 Å². The van der Waals surface area contributed by atoms with Gasteiger partial charge in [0.1, 0.15) is 0 Å². The third kappa shape index (κ3) is 2.08. The molecule has 11 heavy (non-hydrogen) atoms. The molecule has 0 aromatic heterocycles. The van der Waals surface area contributed by atoms with Crippen molar-refractivity contribution in [1.29, 1.82) is 0 Å². The third-order valence-corrected chi connectivity index (χ3v) is 1.91. The lowest BCUT2D eigenvalue weighted by Crippen LogP contribution is -2.54. The van der Waals surface area contributed by atoms with E-state index in [0.29, 0.717) is 6.61 Å². The van der Waals surface area contributed by atoms with Gasteiger partial charge in [-0.15, -0.1) is 0 Å². The molecule has 0 aromatic rings. The summed E-state index contributed by atoms with van der Waals surface area (Å²) in [6.07, 6.45) is 1.62. The Morgan fingerprint density at radius 1 is 1.73 bits per heavy atom. The molecular formula is C7H14N2O2. The van der Waals surface area contributed by atoms with Crippen LogP contribution in [-0.4, -0.2) is 24.8 Å². The highest BCUT2D eigenvalue weighted by molar-refractivity contribution is 5.67. The van der Waals surface area contributed by atoms with E-state index < -0.39 is 0 Å². The van der Waals surface area contributed by atoms with Gasteiger partial charge in [0.15, 0.2) is 0 Å². The predicted octanol–water partition coefficient (Wildman–Crippen LogP) is 0.222. The highest BCUT2D eigenvalue weighted by Crippen LogP contribution is 2.17. The molecule has 0 bridgehead atoms. The Hall–Kier alpha value is -0.770. The van der Waals surface area contributed by atoms with Gasteiger partial charge in [0.05, 0.1) is 6.61 Å². The predicted molar refractivity (Wildman–Crippen MR) is 41.2 cm³/mol. The largest absolute Gasteiger partial charge is 0.450 e. The van der Waals surface area contributed by atoms with Crippen LogP contribution < -0.4 is 11.1 Å². The van der Waals surface area contributed by atoms with Crippen molar-refractivity contribution in [2.75, 3.05) is 6.61 Å². The first kappa shape index (κ1) is 8.33. The summed E-state index contributed by atoms with van der Waals surface area (Å²) in [4.78, 5) is 10.8. The number of ether oxygens (including phenoxy) is 1. The number of nitrogens with two attached hydrogens (primary N) is 1. The molecule has 0 saturated heterocycles. The average Bonchev–Trinajstić information content (AvgIpc) is 1.98. The Labute approximate surface area is 66.1 Å². The van der Waals surface area contributed by atoms with Crippen LogP contribution in [0.4, 0.5) is 4.79 Å². The summed E-state index contributed by atoms with van der Waals surface area (Å²) in [5.74, 6) is 0. The summed E-state index contributed by atoms with van der Waals surface area (Å²) >= 11 is 0. The zero-order valence-corrected chi connectivity index (χ0v) is 6.67. The van der Waals surface area contributed by atoms with Crippen LogP contribution in [0.5, 0.6) is 0 Å². The van der Waals surface area contributed by atoms with E-state index in [-0.39, 0.29) is 18.2 Å². The van der Waals surface area contributed by atoms with E-state index in [2.05, 4.69) is 5.32 Å². The maximum Gasteiger partial charge on any atom is 0.407 e. The van der Waals surface area contributed by atoms with Gasteiger partial charge in [-0.3, -0.25) is 0 Å². The Bertz CT molecular complexity index is 149. The molecule has 0 spiro atoms. The second kappa shape index (κ2) is 3.57. The summed E-state index contributed by atoms with van der Waals surface area (Å²) in [5, 5.41) is 2.68. The molecule has 0 aliphatic heterocycles. The molecule has 1 rings (SSSR count). The van der Waals surface area contributed by atoms with Gasteiger partial charge in [-0.1, -0.05) is 0 Å². The molecule has 4 nitrogen and oxygen atoms in total. The lowest BCUT2D eigenvalue weighted by Gasteiger charge is -2.33. The zero-order chi connectivity index (χ0) is 8.27. The summed E-state index contributed by atoms with van der Waals surface area (Å²) in [7, 11) is 0. The minimum absolute atomic E-state index is 0.124. The molecule has 1 aliphatic carbocycles. The van der Waals surface area contributed by atoms with Gasteiger partial charge in [-0.05, 0) is 19.8 Å². The van der Waals surface area contributed by atoms with Crippen LogP contribution in [0.3, 0.4) is 0 Å². The molecule has 1 saturated carbocycles. The number of alkyl carbamates (subject to hydrolysis) is 1. The highest BCUT2D eigenvalue weighted by Gasteiger charge is 2.28. The number of hydrogen-bond acceptors (Lipinski definition) is 3. The number of nitrogens with one attached hydrogen (secondary N) is 1. The quantitative estimate of drug-likeness (QED) is 0.604. The smallest absolute Gasteiger partial charge is 0.407 e. The van der Waals surface area contributed by atoms with Crippen molar-refractivity contribution in [2.45, 2.75) is 31.8 Å². The van der Waals surface area contributed by atoms with E-state index >= 15 is 0 Å². The maximum absolute atomic E-state index is 10.8. The lowest BCUT2D eigenvalue weighted by molar-refractivity contribution is 0.138. The molecule has 0 unspecified atom stereocenters. The van der Waals surface area contributed by atoms with Gasteiger partial charge in [0.25, 0.3) is 0 Å². The highest BCUT2D eigenvalue weighted by atomic mass is 16.5. The standard InChI is InChI=1S/C7H14N2O2/c1-2-11-7(10)9-6-4-3-5(6)8/h5-6H,2-4,8H2,1H3,(H,9,10)/t5-,6-/m0/s1. The Kier molecular flexibility index (Phi) is 2.70. The van der Waals surface area contributed by atoms with Crippen molar-refractivity contribution in [1.82, 2.24) is 5.32 Å². The molecular weight excluding hydrogens is 144 g/mol. The van der Waals surface area contributed by atoms with Crippen molar-refractivity contribution in [2.24, 2.45) is 5.73 Å². The number of rotatable bonds is 2. The zero-order valence-electron chi connectivity index (χ0n) is 6.67. The number of hydrogen-bond donors (Lipinski definition) is 2. The van der Waals surface area contributed by atoms with E-state index in [0.717, 1.165) is 12.8 Å². The lowest BCUT2D eigenvalue weighted by atomic mass is 9.87. The van der Waals surface area contributed by atoms with Crippen LogP contribution in [0.1, 0.15) is 19.8 Å². The van der Waals surface area contributed by atoms with Crippen LogP contribution in [-0.2, 0) is 4.74 Å². The minimum Gasteiger partial charge on any atom is -0.450 e. The monoisotopic (exact) mass is 158 g/mol. The first-order valence-corrected chi connectivity index (χ1v) is 3.93. The normalized spacial score (nSPS) is 28.9. The molecule has 1 fully saturated rings. The van der Waals surface area contributed by atoms with Crippen LogP contribution in [0.2, 0.25) is 0 Å². The average molecular weight is 158 g/mol. The first-order chi connectivity index (χ1) is 5.24. The molecule has 0 heterocycles. The second-order valence-electron chi connectivity index (χ2n) is 2.71. The SMILES string of the molecule is CCOC(=O)N[C@H]1CC[C@@H]1N. The summed E-state index contributed by atoms with van der Waals surface area (Å²) in [6, 6.07) is 0.258. The van der Waals surface area contributed by atoms with Gasteiger partial charge in [0, 0.05) is 12.1 Å². The second-order valence-corrected chi connectivity index (χ2v) is 2.71. The Balaban J connectivity index is 2.14. The third-order valence-electron chi connectivity index (χ3n) is 1.91. The van der Waals surface area contributed by atoms with Gasteiger partial charge in [-0.25, -0.2) is 4.79 Å². The fourth-order valence-corrected chi connectivity index (χ4v) is 1.03. The molecule has 2 atom stereocenters. The van der Waals surface area contributed by atoms with Crippen molar-refractivity contribution in [3.63, 3.8) is 0 Å². The van der Waals surface area contributed by atoms with E-state index in [1.807, 2.05) is 0 Å². The van der Waals surface area contributed by atoms with Crippen molar-refractivity contribution < 1.29 is 9.53 Å². The van der Waals surface area contributed by atoms with E-state index in [9.17, 15) is 4.79 Å². The maximum atomic E-state index is 10.8. The first-order valence-electron chi connectivity index (χ1n) is 3.93. The molecule has 1 aliphatic rings. The molecule has 0 radical (unpaired) electrons. The Morgan fingerprint density at radius 2 is 2.45 bits per heavy atom. The topological polar surface area (TPSA) is 64.3 Å². The Morgan fingerprint density at radius 3 is 2.82 bits per heavy atom. The number of amides is 1. The van der Waals surface area contributed by atoms with Gasteiger partial charge >= 0.3 is 6.09 Å².